The van der Waals surface area contributed by atoms with Crippen LogP contribution in [0.1, 0.15) is 166 Å². The molecule has 4 nitrogen and oxygen atoms in total. The van der Waals surface area contributed by atoms with E-state index in [1.807, 2.05) is 43.0 Å². The van der Waals surface area contributed by atoms with Gasteiger partial charge in [-0.3, -0.25) is 9.59 Å². The van der Waals surface area contributed by atoms with E-state index in [1.54, 1.807) is 13.8 Å². The van der Waals surface area contributed by atoms with Gasteiger partial charge in [0.25, 0.3) is 0 Å². The normalized spacial score (nSPS) is 12.9. The highest BCUT2D eigenvalue weighted by atomic mass is 19.4. The highest BCUT2D eigenvalue weighted by Crippen LogP contribution is 2.39. The van der Waals surface area contributed by atoms with Crippen LogP contribution in [0.25, 0.3) is 22.3 Å². The predicted molar refractivity (Wildman–Crippen MR) is 312 cm³/mol. The van der Waals surface area contributed by atoms with Crippen LogP contribution in [0.15, 0.2) is 127 Å². The largest absolute Gasteiger partial charge is 0.416 e. The SMILES string of the molecule is CC(=O)C(CC(C)C)c1cc(-c2ccc(C(F)(F)F)cc2)cc(N(CCC(C)C)Cc2ccc(C(C)(C)C)cc2)c1.CC(=O)[C@H](CC(C)C)c1cc(-c2ccc(C(F)(F)F)cc2)cc(N(CCC(C)C)Cc2cc(F)cc(F)c2)c1. The lowest BCUT2D eigenvalue weighted by molar-refractivity contribution is -0.138. The number of alkyl halides is 6. The third kappa shape index (κ3) is 19.5. The summed E-state index contributed by atoms with van der Waals surface area (Å²) in [5.41, 5.74) is 7.76. The first-order valence-corrected chi connectivity index (χ1v) is 28.0. The molecule has 2 atom stereocenters. The van der Waals surface area contributed by atoms with Crippen molar-refractivity contribution in [3.63, 3.8) is 0 Å². The number of hydrogen-bond acceptors (Lipinski definition) is 4. The van der Waals surface area contributed by atoms with Crippen LogP contribution in [-0.2, 0) is 40.4 Å². The Hall–Kier alpha value is -6.30. The van der Waals surface area contributed by atoms with Crippen molar-refractivity contribution in [2.75, 3.05) is 22.9 Å². The van der Waals surface area contributed by atoms with Crippen molar-refractivity contribution in [2.45, 2.75) is 158 Å². The Labute approximate surface area is 471 Å². The quantitative estimate of drug-likeness (QED) is 0.0635. The number of anilines is 2. The second kappa shape index (κ2) is 27.9. The predicted octanol–water partition coefficient (Wildman–Crippen LogP) is 19.9. The molecule has 6 aromatic rings. The number of carbonyl (C=O) groups is 2. The maximum Gasteiger partial charge on any atom is 0.416 e. The Kier molecular flexibility index (Phi) is 22.5. The minimum Gasteiger partial charge on any atom is -0.367 e. The van der Waals surface area contributed by atoms with Gasteiger partial charge in [0.15, 0.2) is 0 Å². The minimum atomic E-state index is -4.45. The first kappa shape index (κ1) is 64.5. The van der Waals surface area contributed by atoms with E-state index in [1.165, 1.54) is 47.5 Å². The van der Waals surface area contributed by atoms with Crippen molar-refractivity contribution < 1.29 is 44.7 Å². The van der Waals surface area contributed by atoms with Gasteiger partial charge in [-0.05, 0) is 179 Å². The van der Waals surface area contributed by atoms with Gasteiger partial charge in [0, 0.05) is 55.5 Å². The lowest BCUT2D eigenvalue weighted by atomic mass is 9.85. The first-order chi connectivity index (χ1) is 37.3. The molecule has 0 saturated carbocycles. The Morgan fingerprint density at radius 3 is 1.09 bits per heavy atom. The highest BCUT2D eigenvalue weighted by Gasteiger charge is 2.32. The molecular weight excluding hydrogens is 1030 g/mol. The van der Waals surface area contributed by atoms with Crippen molar-refractivity contribution in [1.29, 1.82) is 0 Å². The van der Waals surface area contributed by atoms with Gasteiger partial charge in [-0.25, -0.2) is 8.78 Å². The molecule has 0 amide bonds. The lowest BCUT2D eigenvalue weighted by Crippen LogP contribution is -2.25. The molecule has 0 spiro atoms. The maximum absolute atomic E-state index is 14.0. The van der Waals surface area contributed by atoms with Gasteiger partial charge in [-0.1, -0.05) is 137 Å². The van der Waals surface area contributed by atoms with E-state index in [0.717, 1.165) is 77.8 Å². The fourth-order valence-electron chi connectivity index (χ4n) is 9.77. The Bertz CT molecular complexity index is 2930. The Morgan fingerprint density at radius 2 is 0.775 bits per heavy atom. The van der Waals surface area contributed by atoms with E-state index in [-0.39, 0.29) is 35.4 Å². The average Bonchev–Trinajstić information content (AvgIpc) is 3.36. The van der Waals surface area contributed by atoms with Gasteiger partial charge >= 0.3 is 12.4 Å². The molecule has 0 aromatic heterocycles. The molecule has 80 heavy (non-hydrogen) atoms. The Morgan fingerprint density at radius 1 is 0.425 bits per heavy atom. The van der Waals surface area contributed by atoms with Crippen molar-refractivity contribution in [3.05, 3.63) is 178 Å². The van der Waals surface area contributed by atoms with Gasteiger partial charge in [0.1, 0.15) is 23.2 Å². The Balaban J connectivity index is 0.000000294. The van der Waals surface area contributed by atoms with E-state index >= 15 is 0 Å². The molecule has 0 aliphatic rings. The van der Waals surface area contributed by atoms with Crippen molar-refractivity contribution in [2.24, 2.45) is 23.7 Å². The van der Waals surface area contributed by atoms with Gasteiger partial charge < -0.3 is 9.80 Å². The van der Waals surface area contributed by atoms with E-state index in [2.05, 4.69) is 104 Å². The topological polar surface area (TPSA) is 40.6 Å². The number of carbonyl (C=O) groups excluding carboxylic acids is 2. The van der Waals surface area contributed by atoms with Crippen LogP contribution in [0, 0.1) is 35.3 Å². The van der Waals surface area contributed by atoms with E-state index < -0.39 is 41.0 Å². The molecule has 0 saturated heterocycles. The van der Waals surface area contributed by atoms with Crippen LogP contribution >= 0.6 is 0 Å². The molecule has 0 N–H and O–H groups in total. The fourth-order valence-corrected chi connectivity index (χ4v) is 9.77. The monoisotopic (exact) mass is 1110 g/mol. The summed E-state index contributed by atoms with van der Waals surface area (Å²) in [6.45, 7) is 29.0. The summed E-state index contributed by atoms with van der Waals surface area (Å²) in [6, 6.07) is 34.2. The molecule has 0 heterocycles. The summed E-state index contributed by atoms with van der Waals surface area (Å²) < 4.78 is 107. The lowest BCUT2D eigenvalue weighted by Gasteiger charge is -2.29. The second-order valence-corrected chi connectivity index (χ2v) is 24.3. The van der Waals surface area contributed by atoms with E-state index in [9.17, 15) is 44.7 Å². The number of Topliss-reactive ketones (excluding diaryl/α,β-unsaturated/α-hetero) is 2. The number of ketones is 2. The van der Waals surface area contributed by atoms with E-state index in [0.29, 0.717) is 65.9 Å². The molecule has 0 aliphatic carbocycles. The molecular formula is C68H82F8N2O2. The molecule has 1 unspecified atom stereocenters. The fraction of sp³-hybridized carbons (Fsp3) is 0.441. The van der Waals surface area contributed by atoms with Gasteiger partial charge in [0.05, 0.1) is 11.1 Å². The third-order valence-electron chi connectivity index (χ3n) is 14.3. The molecule has 12 heteroatoms. The number of rotatable bonds is 22. The molecule has 432 valence electrons. The molecule has 6 rings (SSSR count). The minimum absolute atomic E-state index is 0.000140. The summed E-state index contributed by atoms with van der Waals surface area (Å²) in [6.07, 6.45) is -5.71. The summed E-state index contributed by atoms with van der Waals surface area (Å²) in [5.74, 6) is -0.476. The number of benzene rings is 6. The van der Waals surface area contributed by atoms with Crippen LogP contribution < -0.4 is 9.80 Å². The van der Waals surface area contributed by atoms with Crippen LogP contribution in [0.4, 0.5) is 46.5 Å². The summed E-state index contributed by atoms with van der Waals surface area (Å²) >= 11 is 0. The number of nitrogens with zero attached hydrogens (tertiary/aromatic N) is 2. The number of hydrogen-bond donors (Lipinski definition) is 0. The van der Waals surface area contributed by atoms with Crippen LogP contribution in [0.2, 0.25) is 0 Å². The highest BCUT2D eigenvalue weighted by molar-refractivity contribution is 5.86. The van der Waals surface area contributed by atoms with Crippen LogP contribution in [0.3, 0.4) is 0 Å². The van der Waals surface area contributed by atoms with Crippen molar-refractivity contribution in [1.82, 2.24) is 0 Å². The zero-order valence-electron chi connectivity index (χ0n) is 49.0. The standard InChI is InChI=1S/C36H46F3NO.C32H36F5NO/c1-24(2)17-18-40(23-27-9-13-31(14-10-27)35(6,7)8)33-21-29(28-11-15-32(16-12-28)36(37,38)39)20-30(22-33)34(26(5)41)19-25(3)4;1-20(2)10-11-38(19-23-13-28(33)18-29(34)14-23)30-16-25(24-6-8-27(9-7-24)32(35,36)37)15-26(17-30)31(22(5)39)12-21(3)4/h9-16,20-22,24-25,34H,17-19,23H2,1-8H3;6-9,13-18,20-21,31H,10-12,19H2,1-5H3/t;31-/m.0/s1. The summed E-state index contributed by atoms with van der Waals surface area (Å²) in [4.78, 5) is 29.9. The zero-order chi connectivity index (χ0) is 59.4. The molecule has 6 aromatic carbocycles. The van der Waals surface area contributed by atoms with Crippen LogP contribution in [-0.4, -0.2) is 24.7 Å². The molecule has 0 bridgehead atoms. The summed E-state index contributed by atoms with van der Waals surface area (Å²) in [5, 5.41) is 0. The van der Waals surface area contributed by atoms with Gasteiger partial charge in [-0.2, -0.15) is 26.3 Å². The zero-order valence-corrected chi connectivity index (χ0v) is 49.0. The second-order valence-electron chi connectivity index (χ2n) is 24.3. The van der Waals surface area contributed by atoms with Gasteiger partial charge in [0.2, 0.25) is 0 Å². The number of halogens is 8. The van der Waals surface area contributed by atoms with Crippen molar-refractivity contribution >= 4 is 22.9 Å². The smallest absolute Gasteiger partial charge is 0.367 e. The van der Waals surface area contributed by atoms with Crippen LogP contribution in [0.5, 0.6) is 0 Å². The maximum atomic E-state index is 14.0. The van der Waals surface area contributed by atoms with Crippen molar-refractivity contribution in [3.8, 4) is 22.3 Å². The molecule has 0 radical (unpaired) electrons. The average molecular weight is 1110 g/mol. The summed E-state index contributed by atoms with van der Waals surface area (Å²) in [7, 11) is 0. The molecule has 0 fully saturated rings. The molecule has 0 aliphatic heterocycles. The van der Waals surface area contributed by atoms with Gasteiger partial charge in [-0.15, -0.1) is 0 Å². The van der Waals surface area contributed by atoms with E-state index in [4.69, 9.17) is 0 Å². The third-order valence-corrected chi connectivity index (χ3v) is 14.3. The first-order valence-electron chi connectivity index (χ1n) is 28.0.